The number of nitrogens with two attached hydrogens (primary N) is 1. The van der Waals surface area contributed by atoms with Crippen molar-refractivity contribution in [1.29, 1.82) is 0 Å². The van der Waals surface area contributed by atoms with Crippen molar-refractivity contribution >= 4 is 12.0 Å². The van der Waals surface area contributed by atoms with Crippen molar-refractivity contribution in [2.75, 3.05) is 6.61 Å². The second-order valence-corrected chi connectivity index (χ2v) is 11.5. The van der Waals surface area contributed by atoms with E-state index in [0.717, 1.165) is 55.9 Å². The Bertz CT molecular complexity index is 1370. The maximum absolute atomic E-state index is 13.7. The van der Waals surface area contributed by atoms with E-state index in [4.69, 9.17) is 15.0 Å². The van der Waals surface area contributed by atoms with Gasteiger partial charge in [0.2, 0.25) is 5.91 Å². The Morgan fingerprint density at radius 1 is 1.08 bits per heavy atom. The SMILES string of the molecule is NC(=O)Cc1ccc(OCC2CC3(CC(/C=C/c4c(-c5ccccc5C(F)(F)F)noc4C4CC4)C3)C2)cc1. The first-order valence-electron chi connectivity index (χ1n) is 13.5. The predicted molar refractivity (Wildman–Crippen MR) is 141 cm³/mol. The quantitative estimate of drug-likeness (QED) is 0.315. The van der Waals surface area contributed by atoms with Crippen molar-refractivity contribution in [2.24, 2.45) is 23.0 Å². The van der Waals surface area contributed by atoms with Crippen LogP contribution in [0.15, 0.2) is 59.1 Å². The van der Waals surface area contributed by atoms with E-state index in [0.29, 0.717) is 35.2 Å². The topological polar surface area (TPSA) is 78.4 Å². The average Bonchev–Trinajstić information content (AvgIpc) is 3.61. The van der Waals surface area contributed by atoms with Gasteiger partial charge < -0.3 is 15.0 Å². The van der Waals surface area contributed by atoms with Crippen LogP contribution in [0.1, 0.15) is 66.9 Å². The molecule has 0 aliphatic heterocycles. The van der Waals surface area contributed by atoms with Crippen molar-refractivity contribution in [3.8, 4) is 17.0 Å². The molecule has 0 unspecified atom stereocenters. The summed E-state index contributed by atoms with van der Waals surface area (Å²) < 4.78 is 52.6. The Labute approximate surface area is 225 Å². The minimum absolute atomic E-state index is 0.0646. The molecule has 2 N–H and O–H groups in total. The highest BCUT2D eigenvalue weighted by molar-refractivity contribution is 5.77. The maximum atomic E-state index is 13.7. The van der Waals surface area contributed by atoms with Crippen LogP contribution < -0.4 is 10.5 Å². The van der Waals surface area contributed by atoms with Gasteiger partial charge in [-0.1, -0.05) is 47.6 Å². The van der Waals surface area contributed by atoms with Crippen LogP contribution in [0, 0.1) is 17.3 Å². The molecule has 3 fully saturated rings. The number of rotatable bonds is 9. The lowest BCUT2D eigenvalue weighted by molar-refractivity contribution is -0.137. The van der Waals surface area contributed by atoms with Gasteiger partial charge in [0, 0.05) is 17.0 Å². The molecular weight excluding hydrogens is 505 g/mol. The molecule has 3 aliphatic rings. The fraction of sp³-hybridized carbons (Fsp3) is 0.419. The number of aromatic nitrogens is 1. The summed E-state index contributed by atoms with van der Waals surface area (Å²) >= 11 is 0. The molecule has 1 aromatic heterocycles. The molecule has 1 amide bonds. The normalized spacial score (nSPS) is 24.5. The van der Waals surface area contributed by atoms with Gasteiger partial charge in [-0.15, -0.1) is 0 Å². The van der Waals surface area contributed by atoms with Crippen molar-refractivity contribution in [2.45, 2.75) is 57.0 Å². The van der Waals surface area contributed by atoms with E-state index >= 15 is 0 Å². The summed E-state index contributed by atoms with van der Waals surface area (Å²) in [4.78, 5) is 11.0. The van der Waals surface area contributed by atoms with Crippen LogP contribution in [0.5, 0.6) is 5.75 Å². The molecule has 204 valence electrons. The molecule has 6 rings (SSSR count). The van der Waals surface area contributed by atoms with E-state index in [1.807, 2.05) is 30.3 Å². The highest BCUT2D eigenvalue weighted by Crippen LogP contribution is 2.61. The predicted octanol–water partition coefficient (Wildman–Crippen LogP) is 7.16. The number of halogens is 3. The second kappa shape index (κ2) is 9.88. The van der Waals surface area contributed by atoms with Gasteiger partial charge in [0.25, 0.3) is 0 Å². The molecule has 3 aliphatic carbocycles. The van der Waals surface area contributed by atoms with Crippen LogP contribution in [0.4, 0.5) is 13.2 Å². The highest BCUT2D eigenvalue weighted by atomic mass is 19.4. The summed E-state index contributed by atoms with van der Waals surface area (Å²) in [5, 5.41) is 4.11. The van der Waals surface area contributed by atoms with Crippen LogP contribution in [-0.2, 0) is 17.4 Å². The zero-order valence-corrected chi connectivity index (χ0v) is 21.5. The van der Waals surface area contributed by atoms with E-state index in [1.54, 1.807) is 6.07 Å². The van der Waals surface area contributed by atoms with Crippen molar-refractivity contribution in [3.05, 3.63) is 77.1 Å². The van der Waals surface area contributed by atoms with Crippen LogP contribution in [-0.4, -0.2) is 17.7 Å². The molecule has 3 saturated carbocycles. The van der Waals surface area contributed by atoms with E-state index in [-0.39, 0.29) is 29.5 Å². The zero-order valence-electron chi connectivity index (χ0n) is 21.5. The van der Waals surface area contributed by atoms with Crippen molar-refractivity contribution in [1.82, 2.24) is 5.16 Å². The number of ether oxygens (including phenoxy) is 1. The third-order valence-corrected chi connectivity index (χ3v) is 8.35. The van der Waals surface area contributed by atoms with Crippen LogP contribution in [0.2, 0.25) is 0 Å². The van der Waals surface area contributed by atoms with Crippen LogP contribution in [0.25, 0.3) is 17.3 Å². The Hall–Kier alpha value is -3.55. The number of allylic oxidation sites excluding steroid dienone is 1. The fourth-order valence-electron chi connectivity index (χ4n) is 6.40. The summed E-state index contributed by atoms with van der Waals surface area (Å²) in [6, 6.07) is 13.0. The molecule has 0 radical (unpaired) electrons. The minimum Gasteiger partial charge on any atom is -0.493 e. The number of carbonyl (C=O) groups is 1. The maximum Gasteiger partial charge on any atom is 0.417 e. The molecule has 1 spiro atoms. The lowest BCUT2D eigenvalue weighted by Crippen LogP contribution is -2.48. The van der Waals surface area contributed by atoms with E-state index in [1.165, 1.54) is 12.1 Å². The average molecular weight is 537 g/mol. The lowest BCUT2D eigenvalue weighted by Gasteiger charge is -2.57. The molecule has 0 atom stereocenters. The number of nitrogens with zero attached hydrogens (tertiary/aromatic N) is 1. The van der Waals surface area contributed by atoms with Gasteiger partial charge in [-0.25, -0.2) is 0 Å². The first kappa shape index (κ1) is 25.7. The summed E-state index contributed by atoms with van der Waals surface area (Å²) in [7, 11) is 0. The van der Waals surface area contributed by atoms with Gasteiger partial charge >= 0.3 is 6.18 Å². The molecule has 1 heterocycles. The highest BCUT2D eigenvalue weighted by Gasteiger charge is 2.52. The Balaban J connectivity index is 1.06. The summed E-state index contributed by atoms with van der Waals surface area (Å²) in [5.74, 6) is 2.30. The lowest BCUT2D eigenvalue weighted by atomic mass is 9.48. The monoisotopic (exact) mass is 536 g/mol. The van der Waals surface area contributed by atoms with Gasteiger partial charge in [-0.2, -0.15) is 13.2 Å². The first-order valence-corrected chi connectivity index (χ1v) is 13.5. The minimum atomic E-state index is -4.46. The zero-order chi connectivity index (χ0) is 27.2. The Kier molecular flexibility index (Phi) is 6.52. The molecule has 3 aromatic rings. The first-order chi connectivity index (χ1) is 18.7. The van der Waals surface area contributed by atoms with Gasteiger partial charge in [-0.3, -0.25) is 4.79 Å². The number of hydrogen-bond acceptors (Lipinski definition) is 4. The number of carbonyl (C=O) groups excluding carboxylic acids is 1. The summed E-state index contributed by atoms with van der Waals surface area (Å²) in [6.07, 6.45) is 6.22. The van der Waals surface area contributed by atoms with Gasteiger partial charge in [0.15, 0.2) is 0 Å². The summed E-state index contributed by atoms with van der Waals surface area (Å²) in [6.45, 7) is 0.671. The van der Waals surface area contributed by atoms with Crippen LogP contribution in [0.3, 0.4) is 0 Å². The number of alkyl halides is 3. The third-order valence-electron chi connectivity index (χ3n) is 8.35. The van der Waals surface area contributed by atoms with Gasteiger partial charge in [-0.05, 0) is 79.5 Å². The molecule has 2 aromatic carbocycles. The molecule has 5 nitrogen and oxygen atoms in total. The van der Waals surface area contributed by atoms with Gasteiger partial charge in [0.05, 0.1) is 18.6 Å². The Morgan fingerprint density at radius 2 is 1.79 bits per heavy atom. The van der Waals surface area contributed by atoms with Crippen molar-refractivity contribution in [3.63, 3.8) is 0 Å². The second-order valence-electron chi connectivity index (χ2n) is 11.5. The van der Waals surface area contributed by atoms with E-state index in [9.17, 15) is 18.0 Å². The largest absolute Gasteiger partial charge is 0.493 e. The molecule has 39 heavy (non-hydrogen) atoms. The molecular formula is C31H31F3N2O3. The molecule has 0 bridgehead atoms. The fourth-order valence-corrected chi connectivity index (χ4v) is 6.40. The van der Waals surface area contributed by atoms with Crippen LogP contribution >= 0.6 is 0 Å². The Morgan fingerprint density at radius 3 is 2.46 bits per heavy atom. The smallest absolute Gasteiger partial charge is 0.417 e. The van der Waals surface area contributed by atoms with Crippen molar-refractivity contribution < 1.29 is 27.2 Å². The molecule has 8 heteroatoms. The molecule has 0 saturated heterocycles. The third kappa shape index (κ3) is 5.47. The standard InChI is InChI=1S/C31H31F3N2O3/c32-31(33,34)26-4-2-1-3-24(26)28-25(29(39-36-28)22-8-9-22)12-7-20-14-30(15-20)16-21(17-30)18-38-23-10-5-19(6-11-23)13-27(35)37/h1-7,10-12,20-22H,8-9,13-18H2,(H2,35,37)/b12-7+. The van der Waals surface area contributed by atoms with Gasteiger partial charge in [0.1, 0.15) is 17.2 Å². The van der Waals surface area contributed by atoms with E-state index in [2.05, 4.69) is 11.2 Å². The number of benzene rings is 2. The summed E-state index contributed by atoms with van der Waals surface area (Å²) in [5.41, 5.74) is 6.81. The number of hydrogen-bond donors (Lipinski definition) is 1. The number of primary amides is 1. The van der Waals surface area contributed by atoms with E-state index < -0.39 is 11.7 Å². The number of amides is 1.